The van der Waals surface area contributed by atoms with Gasteiger partial charge in [0.25, 0.3) is 5.91 Å². The highest BCUT2D eigenvalue weighted by Crippen LogP contribution is 2.61. The number of amides is 1. The fraction of sp³-hybridized carbons (Fsp3) is 0.619. The fourth-order valence-corrected chi connectivity index (χ4v) is 6.14. The first-order chi connectivity index (χ1) is 12.8. The van der Waals surface area contributed by atoms with Crippen LogP contribution in [0.5, 0.6) is 0 Å². The van der Waals surface area contributed by atoms with Crippen LogP contribution < -0.4 is 5.32 Å². The lowest BCUT2D eigenvalue weighted by Gasteiger charge is -2.56. The largest absolute Gasteiger partial charge is 0.453 e. The van der Waals surface area contributed by atoms with Gasteiger partial charge in [-0.3, -0.25) is 9.59 Å². The van der Waals surface area contributed by atoms with Gasteiger partial charge < -0.3 is 10.1 Å². The van der Waals surface area contributed by atoms with Gasteiger partial charge in [-0.05, 0) is 86.8 Å². The summed E-state index contributed by atoms with van der Waals surface area (Å²) in [5.41, 5.74) is 0.384. The molecule has 4 bridgehead atoms. The zero-order chi connectivity index (χ0) is 19.2. The number of rotatable bonds is 5. The molecule has 0 aliphatic heterocycles. The molecule has 27 heavy (non-hydrogen) atoms. The maximum atomic E-state index is 13.1. The molecule has 4 fully saturated rings. The van der Waals surface area contributed by atoms with Gasteiger partial charge >= 0.3 is 5.97 Å². The van der Waals surface area contributed by atoms with Gasteiger partial charge in [0.15, 0.2) is 6.10 Å². The van der Waals surface area contributed by atoms with Crippen molar-refractivity contribution in [3.05, 3.63) is 29.0 Å². The third-order valence-corrected chi connectivity index (χ3v) is 6.86. The number of carbonyl (C=O) groups excluding carboxylic acids is 2. The van der Waals surface area contributed by atoms with E-state index in [1.54, 1.807) is 6.92 Å². The van der Waals surface area contributed by atoms with Gasteiger partial charge in [0.05, 0.1) is 17.1 Å². The second-order valence-corrected chi connectivity index (χ2v) is 9.25. The zero-order valence-electron chi connectivity index (χ0n) is 15.5. The minimum Gasteiger partial charge on any atom is -0.453 e. The Balaban J connectivity index is 1.33. The van der Waals surface area contributed by atoms with Crippen LogP contribution in [-0.4, -0.2) is 18.0 Å². The van der Waals surface area contributed by atoms with Crippen LogP contribution in [-0.2, 0) is 14.3 Å². The first-order valence-corrected chi connectivity index (χ1v) is 10.2. The highest BCUT2D eigenvalue weighted by molar-refractivity contribution is 6.33. The molecule has 146 valence electrons. The number of esters is 1. The van der Waals surface area contributed by atoms with E-state index < -0.39 is 17.8 Å². The second kappa shape index (κ2) is 7.08. The molecule has 1 atom stereocenters. The van der Waals surface area contributed by atoms with Crippen LogP contribution in [0.25, 0.3) is 0 Å². The van der Waals surface area contributed by atoms with E-state index in [0.29, 0.717) is 12.1 Å². The first-order valence-electron chi connectivity index (χ1n) is 9.77. The third kappa shape index (κ3) is 3.98. The van der Waals surface area contributed by atoms with Crippen LogP contribution >= 0.6 is 11.6 Å². The first kappa shape index (κ1) is 18.7. The molecule has 4 saturated carbocycles. The van der Waals surface area contributed by atoms with E-state index in [2.05, 4.69) is 5.32 Å². The topological polar surface area (TPSA) is 55.4 Å². The molecule has 1 aromatic carbocycles. The number of benzene rings is 1. The van der Waals surface area contributed by atoms with Crippen LogP contribution in [0.1, 0.15) is 51.9 Å². The molecular weight excluding hydrogens is 369 g/mol. The summed E-state index contributed by atoms with van der Waals surface area (Å²) in [7, 11) is 0. The third-order valence-electron chi connectivity index (χ3n) is 6.55. The average molecular weight is 394 g/mol. The highest BCUT2D eigenvalue weighted by atomic mass is 35.5. The summed E-state index contributed by atoms with van der Waals surface area (Å²) in [6.45, 7) is 1.55. The summed E-state index contributed by atoms with van der Waals surface area (Å²) in [4.78, 5) is 24.8. The molecule has 0 aromatic heterocycles. The van der Waals surface area contributed by atoms with Gasteiger partial charge in [-0.15, -0.1) is 0 Å². The average Bonchev–Trinajstić information content (AvgIpc) is 2.55. The predicted molar refractivity (Wildman–Crippen MR) is 101 cm³/mol. The van der Waals surface area contributed by atoms with Crippen molar-refractivity contribution >= 4 is 29.2 Å². The molecule has 0 unspecified atom stereocenters. The molecule has 4 nitrogen and oxygen atoms in total. The van der Waals surface area contributed by atoms with Gasteiger partial charge in [-0.25, -0.2) is 4.39 Å². The van der Waals surface area contributed by atoms with E-state index in [1.807, 2.05) is 0 Å². The lowest BCUT2D eigenvalue weighted by Crippen LogP contribution is -2.47. The Kier molecular flexibility index (Phi) is 4.91. The molecule has 1 aromatic rings. The normalized spacial score (nSPS) is 32.2. The number of carbonyl (C=O) groups is 2. The summed E-state index contributed by atoms with van der Waals surface area (Å²) in [6.07, 6.45) is 6.83. The fourth-order valence-electron chi connectivity index (χ4n) is 5.93. The van der Waals surface area contributed by atoms with Crippen molar-refractivity contribution in [1.82, 2.24) is 0 Å². The Labute approximate surface area is 163 Å². The summed E-state index contributed by atoms with van der Waals surface area (Å²) < 4.78 is 18.5. The molecule has 0 saturated heterocycles. The van der Waals surface area contributed by atoms with E-state index >= 15 is 0 Å². The Hall–Kier alpha value is -1.62. The predicted octanol–water partition coefficient (Wildman–Crippen LogP) is 4.96. The number of hydrogen-bond donors (Lipinski definition) is 1. The van der Waals surface area contributed by atoms with Crippen molar-refractivity contribution in [2.75, 3.05) is 5.32 Å². The van der Waals surface area contributed by atoms with E-state index in [1.165, 1.54) is 31.4 Å². The van der Waals surface area contributed by atoms with Crippen LogP contribution in [0.3, 0.4) is 0 Å². The standard InChI is InChI=1S/C21H25ClFNO3/c1-12(20(26)24-18-3-2-16(23)7-17(18)22)27-19(25)11-21-8-13-4-14(9-21)6-15(5-13)10-21/h2-3,7,12-15H,4-6,8-11H2,1H3,(H,24,26)/t12-,13?,14?,15?,21?/m1/s1. The van der Waals surface area contributed by atoms with Crippen molar-refractivity contribution in [2.45, 2.75) is 58.0 Å². The molecule has 1 N–H and O–H groups in total. The molecule has 5 rings (SSSR count). The van der Waals surface area contributed by atoms with E-state index in [9.17, 15) is 14.0 Å². The molecule has 0 spiro atoms. The van der Waals surface area contributed by atoms with Gasteiger partial charge in [-0.2, -0.15) is 0 Å². The Morgan fingerprint density at radius 1 is 1.22 bits per heavy atom. The molecule has 4 aliphatic carbocycles. The number of hydrogen-bond acceptors (Lipinski definition) is 3. The van der Waals surface area contributed by atoms with E-state index in [0.717, 1.165) is 43.1 Å². The quantitative estimate of drug-likeness (QED) is 0.719. The Morgan fingerprint density at radius 2 is 1.81 bits per heavy atom. The molecule has 4 aliphatic rings. The Bertz CT molecular complexity index is 731. The number of anilines is 1. The van der Waals surface area contributed by atoms with Crippen molar-refractivity contribution in [1.29, 1.82) is 0 Å². The van der Waals surface area contributed by atoms with Crippen LogP contribution in [0.4, 0.5) is 10.1 Å². The van der Waals surface area contributed by atoms with Crippen molar-refractivity contribution in [3.63, 3.8) is 0 Å². The highest BCUT2D eigenvalue weighted by Gasteiger charge is 2.51. The summed E-state index contributed by atoms with van der Waals surface area (Å²) >= 11 is 5.93. The van der Waals surface area contributed by atoms with Gasteiger partial charge in [0.2, 0.25) is 0 Å². The van der Waals surface area contributed by atoms with Crippen molar-refractivity contribution < 1.29 is 18.7 Å². The molecule has 1 amide bonds. The lowest BCUT2D eigenvalue weighted by molar-refractivity contribution is -0.160. The maximum Gasteiger partial charge on any atom is 0.307 e. The van der Waals surface area contributed by atoms with Crippen molar-refractivity contribution in [3.8, 4) is 0 Å². The van der Waals surface area contributed by atoms with Crippen molar-refractivity contribution in [2.24, 2.45) is 23.2 Å². The van der Waals surface area contributed by atoms with Gasteiger partial charge in [0, 0.05) is 0 Å². The minimum absolute atomic E-state index is 0.0856. The van der Waals surface area contributed by atoms with Gasteiger partial charge in [-0.1, -0.05) is 11.6 Å². The Morgan fingerprint density at radius 3 is 2.37 bits per heavy atom. The number of nitrogens with one attached hydrogen (secondary N) is 1. The smallest absolute Gasteiger partial charge is 0.307 e. The SMILES string of the molecule is C[C@@H](OC(=O)CC12CC3CC(CC(C3)C1)C2)C(=O)Nc1ccc(F)cc1Cl. The molecule has 6 heteroatoms. The summed E-state index contributed by atoms with van der Waals surface area (Å²) in [6, 6.07) is 3.73. The van der Waals surface area contributed by atoms with Gasteiger partial charge in [0.1, 0.15) is 5.82 Å². The second-order valence-electron chi connectivity index (χ2n) is 8.84. The molecular formula is C21H25ClFNO3. The summed E-state index contributed by atoms with van der Waals surface area (Å²) in [5.74, 6) is 1.06. The molecule has 0 radical (unpaired) electrons. The van der Waals surface area contributed by atoms with Crippen LogP contribution in [0.15, 0.2) is 18.2 Å². The summed E-state index contributed by atoms with van der Waals surface area (Å²) in [5, 5.41) is 2.69. The van der Waals surface area contributed by atoms with E-state index in [-0.39, 0.29) is 16.4 Å². The van der Waals surface area contributed by atoms with E-state index in [4.69, 9.17) is 16.3 Å². The van der Waals surface area contributed by atoms with Crippen LogP contribution in [0.2, 0.25) is 5.02 Å². The molecule has 0 heterocycles. The maximum absolute atomic E-state index is 13.1. The monoisotopic (exact) mass is 393 g/mol. The van der Waals surface area contributed by atoms with Crippen LogP contribution in [0, 0.1) is 29.0 Å². The number of ether oxygens (including phenoxy) is 1. The lowest BCUT2D eigenvalue weighted by atomic mass is 9.49. The number of halogens is 2. The minimum atomic E-state index is -0.924. The zero-order valence-corrected chi connectivity index (χ0v) is 16.2.